The van der Waals surface area contributed by atoms with Gasteiger partial charge in [0, 0.05) is 47.9 Å². The number of anilines is 1. The Labute approximate surface area is 192 Å². The van der Waals surface area contributed by atoms with E-state index in [4.69, 9.17) is 10.2 Å². The van der Waals surface area contributed by atoms with Crippen LogP contribution in [0.1, 0.15) is 31.6 Å². The highest BCUT2D eigenvalue weighted by Gasteiger charge is 2.29. The Morgan fingerprint density at radius 3 is 2.09 bits per heavy atom. The number of para-hydroxylation sites is 1. The number of nitrogens with zero attached hydrogens (tertiary/aromatic N) is 2. The van der Waals surface area contributed by atoms with Gasteiger partial charge in [0.1, 0.15) is 0 Å². The average Bonchev–Trinajstić information content (AvgIpc) is 3.27. The van der Waals surface area contributed by atoms with Crippen LogP contribution in [0.3, 0.4) is 0 Å². The van der Waals surface area contributed by atoms with Gasteiger partial charge in [-0.05, 0) is 50.3 Å². The summed E-state index contributed by atoms with van der Waals surface area (Å²) >= 11 is 1.66. The van der Waals surface area contributed by atoms with E-state index in [1.807, 2.05) is 35.7 Å². The summed E-state index contributed by atoms with van der Waals surface area (Å²) in [6.07, 6.45) is 3.70. The zero-order valence-electron chi connectivity index (χ0n) is 18.4. The molecule has 0 unspecified atom stereocenters. The Kier molecular flexibility index (Phi) is 10.1. The maximum absolute atomic E-state index is 13.0. The Morgan fingerprint density at radius 2 is 1.62 bits per heavy atom. The summed E-state index contributed by atoms with van der Waals surface area (Å²) in [7, 11) is 0. The summed E-state index contributed by atoms with van der Waals surface area (Å²) in [6, 6.07) is 15.1. The van der Waals surface area contributed by atoms with Gasteiger partial charge in [0.05, 0.1) is 6.42 Å². The van der Waals surface area contributed by atoms with Crippen LogP contribution in [0, 0.1) is 0 Å². The number of carboxylic acids is 2. The van der Waals surface area contributed by atoms with Gasteiger partial charge in [-0.15, -0.1) is 11.3 Å². The number of thiophene rings is 1. The minimum atomic E-state index is -1.26. The van der Waals surface area contributed by atoms with Crippen molar-refractivity contribution in [3.05, 3.63) is 64.9 Å². The molecule has 0 bridgehead atoms. The first-order chi connectivity index (χ1) is 15.3. The second-order valence-corrected chi connectivity index (χ2v) is 8.76. The molecule has 0 saturated carbocycles. The topological polar surface area (TPSA) is 98.2 Å². The van der Waals surface area contributed by atoms with Crippen molar-refractivity contribution in [3.63, 3.8) is 0 Å². The zero-order valence-corrected chi connectivity index (χ0v) is 19.2. The van der Waals surface area contributed by atoms with E-state index in [1.54, 1.807) is 11.3 Å². The lowest BCUT2D eigenvalue weighted by Gasteiger charge is -2.40. The highest BCUT2D eigenvalue weighted by Crippen LogP contribution is 2.26. The number of carbonyl (C=O) groups excluding carboxylic acids is 1. The molecule has 1 fully saturated rings. The minimum absolute atomic E-state index is 0.214. The molecule has 1 aliphatic rings. The normalized spacial score (nSPS) is 14.7. The molecule has 32 heavy (non-hydrogen) atoms. The fourth-order valence-electron chi connectivity index (χ4n) is 3.60. The van der Waals surface area contributed by atoms with Gasteiger partial charge in [-0.3, -0.25) is 4.79 Å². The predicted octanol–water partition coefficient (Wildman–Crippen LogP) is 3.91. The van der Waals surface area contributed by atoms with Crippen molar-refractivity contribution in [2.75, 3.05) is 18.0 Å². The van der Waals surface area contributed by atoms with E-state index in [9.17, 15) is 14.4 Å². The van der Waals surface area contributed by atoms with Gasteiger partial charge in [0.25, 0.3) is 0 Å². The summed E-state index contributed by atoms with van der Waals surface area (Å²) < 4.78 is 0. The van der Waals surface area contributed by atoms with Crippen LogP contribution >= 0.6 is 11.3 Å². The van der Waals surface area contributed by atoms with Crippen LogP contribution in [-0.2, 0) is 20.8 Å². The van der Waals surface area contributed by atoms with E-state index in [0.717, 1.165) is 36.5 Å². The third kappa shape index (κ3) is 8.28. The van der Waals surface area contributed by atoms with Crippen LogP contribution in [0.15, 0.2) is 60.0 Å². The monoisotopic (exact) mass is 458 g/mol. The van der Waals surface area contributed by atoms with Gasteiger partial charge < -0.3 is 20.0 Å². The van der Waals surface area contributed by atoms with Gasteiger partial charge >= 0.3 is 11.9 Å². The van der Waals surface area contributed by atoms with Crippen molar-refractivity contribution >= 4 is 34.9 Å². The molecule has 172 valence electrons. The average molecular weight is 459 g/mol. The van der Waals surface area contributed by atoms with Gasteiger partial charge in [0.15, 0.2) is 0 Å². The zero-order chi connectivity index (χ0) is 23.5. The highest BCUT2D eigenvalue weighted by atomic mass is 32.1. The van der Waals surface area contributed by atoms with Crippen LogP contribution in [0.2, 0.25) is 0 Å². The van der Waals surface area contributed by atoms with Crippen LogP contribution < -0.4 is 4.90 Å². The minimum Gasteiger partial charge on any atom is -0.478 e. The largest absolute Gasteiger partial charge is 0.478 e. The molecule has 1 saturated heterocycles. The van der Waals surface area contributed by atoms with E-state index in [-0.39, 0.29) is 5.91 Å². The number of aliphatic carboxylic acids is 2. The molecule has 0 radical (unpaired) electrons. The highest BCUT2D eigenvalue weighted by molar-refractivity contribution is 7.10. The first-order valence-corrected chi connectivity index (χ1v) is 11.4. The van der Waals surface area contributed by atoms with E-state index < -0.39 is 11.9 Å². The molecule has 7 nitrogen and oxygen atoms in total. The Balaban J connectivity index is 0.000000390. The predicted molar refractivity (Wildman–Crippen MR) is 126 cm³/mol. The first-order valence-electron chi connectivity index (χ1n) is 10.6. The maximum atomic E-state index is 13.0. The number of hydrogen-bond donors (Lipinski definition) is 2. The SMILES string of the molecule is CC(C)N1CCC(N(C(=O)Cc2cccs2)c2ccccc2)CC1.O=C(O)/C=C/C(=O)O. The molecule has 2 aromatic rings. The summed E-state index contributed by atoms with van der Waals surface area (Å²) in [4.78, 5) is 37.8. The lowest BCUT2D eigenvalue weighted by molar-refractivity contribution is -0.134. The molecule has 1 aliphatic heterocycles. The number of amides is 1. The molecule has 1 amide bonds. The van der Waals surface area contributed by atoms with Crippen molar-refractivity contribution in [1.82, 2.24) is 4.90 Å². The Morgan fingerprint density at radius 1 is 1.03 bits per heavy atom. The van der Waals surface area contributed by atoms with E-state index in [1.165, 1.54) is 0 Å². The summed E-state index contributed by atoms with van der Waals surface area (Å²) in [5.74, 6) is -2.30. The van der Waals surface area contributed by atoms with Crippen molar-refractivity contribution in [3.8, 4) is 0 Å². The summed E-state index contributed by atoms with van der Waals surface area (Å²) in [5.41, 5.74) is 1.03. The summed E-state index contributed by atoms with van der Waals surface area (Å²) in [6.45, 7) is 6.63. The van der Waals surface area contributed by atoms with E-state index in [0.29, 0.717) is 30.7 Å². The molecule has 3 rings (SSSR count). The molecule has 0 spiro atoms. The second-order valence-electron chi connectivity index (χ2n) is 7.73. The fraction of sp³-hybridized carbons (Fsp3) is 0.375. The molecule has 8 heteroatoms. The van der Waals surface area contributed by atoms with Crippen LogP contribution in [-0.4, -0.2) is 58.1 Å². The van der Waals surface area contributed by atoms with Crippen molar-refractivity contribution in [2.24, 2.45) is 0 Å². The van der Waals surface area contributed by atoms with Crippen molar-refractivity contribution in [1.29, 1.82) is 0 Å². The lowest BCUT2D eigenvalue weighted by Crippen LogP contribution is -2.49. The second kappa shape index (κ2) is 12.8. The third-order valence-electron chi connectivity index (χ3n) is 5.17. The smallest absolute Gasteiger partial charge is 0.328 e. The molecular formula is C24H30N2O5S. The van der Waals surface area contributed by atoms with Gasteiger partial charge in [-0.25, -0.2) is 9.59 Å². The number of carbonyl (C=O) groups is 3. The van der Waals surface area contributed by atoms with E-state index in [2.05, 4.69) is 35.8 Å². The Hall–Kier alpha value is -2.97. The molecule has 1 aromatic heterocycles. The fourth-order valence-corrected chi connectivity index (χ4v) is 4.29. The molecule has 0 aliphatic carbocycles. The molecule has 2 heterocycles. The number of benzene rings is 1. The number of carboxylic acid groups (broad SMARTS) is 2. The number of likely N-dealkylation sites (tertiary alicyclic amines) is 1. The summed E-state index contributed by atoms with van der Waals surface area (Å²) in [5, 5.41) is 17.7. The molecule has 1 aromatic carbocycles. The molecule has 0 atom stereocenters. The van der Waals surface area contributed by atoms with Crippen molar-refractivity contribution < 1.29 is 24.6 Å². The van der Waals surface area contributed by atoms with Gasteiger partial charge in [0.2, 0.25) is 5.91 Å². The number of piperidine rings is 1. The number of rotatable bonds is 7. The standard InChI is InChI=1S/C20H26N2OS.C4H4O4/c1-16(2)21-12-10-18(11-13-21)22(17-7-4-3-5-8-17)20(23)15-19-9-6-14-24-19;5-3(6)1-2-4(7)8/h3-9,14,16,18H,10-13,15H2,1-2H3;1-2H,(H,5,6)(H,7,8)/b;2-1+. The quantitative estimate of drug-likeness (QED) is 0.611. The molecule has 2 N–H and O–H groups in total. The van der Waals surface area contributed by atoms with Gasteiger partial charge in [-0.1, -0.05) is 24.3 Å². The third-order valence-corrected chi connectivity index (χ3v) is 6.05. The van der Waals surface area contributed by atoms with Crippen LogP contribution in [0.25, 0.3) is 0 Å². The van der Waals surface area contributed by atoms with Crippen LogP contribution in [0.5, 0.6) is 0 Å². The lowest BCUT2D eigenvalue weighted by atomic mass is 10.0. The maximum Gasteiger partial charge on any atom is 0.328 e. The van der Waals surface area contributed by atoms with Gasteiger partial charge in [-0.2, -0.15) is 0 Å². The number of hydrogen-bond acceptors (Lipinski definition) is 5. The van der Waals surface area contributed by atoms with E-state index >= 15 is 0 Å². The molecular weight excluding hydrogens is 428 g/mol. The van der Waals surface area contributed by atoms with Crippen molar-refractivity contribution in [2.45, 2.75) is 45.2 Å². The first kappa shape index (κ1) is 25.3. The van der Waals surface area contributed by atoms with Crippen LogP contribution in [0.4, 0.5) is 5.69 Å². The Bertz CT molecular complexity index is 872.